The number of methoxy groups -OCH3 is 1. The molecule has 1 aliphatic rings. The lowest BCUT2D eigenvalue weighted by Crippen LogP contribution is -2.20. The number of nitrogens with zero attached hydrogens (tertiary/aromatic N) is 1. The predicted molar refractivity (Wildman–Crippen MR) is 108 cm³/mol. The summed E-state index contributed by atoms with van der Waals surface area (Å²) >= 11 is 0. The van der Waals surface area contributed by atoms with Crippen LogP contribution in [0, 0.1) is 0 Å². The molecular weight excluding hydrogens is 374 g/mol. The standard InChI is InChI=1S/C21H21N3O5/c1-29-18-11-13(7-8-15(18)20(26)27)22-19(25)12-6-9-17-16(10-12)23-21(28)24(17)14-4-2-3-5-14/h6-11,14H,2-5H2,1H3,(H,22,25)(H,23,28)(H,26,27). The summed E-state index contributed by atoms with van der Waals surface area (Å²) in [6, 6.07) is 9.66. The number of hydrogen-bond acceptors (Lipinski definition) is 4. The van der Waals surface area contributed by atoms with E-state index in [0.29, 0.717) is 16.8 Å². The van der Waals surface area contributed by atoms with Crippen molar-refractivity contribution in [3.63, 3.8) is 0 Å². The Morgan fingerprint density at radius 3 is 2.62 bits per heavy atom. The van der Waals surface area contributed by atoms with Crippen LogP contribution in [0.4, 0.5) is 5.69 Å². The van der Waals surface area contributed by atoms with Crippen molar-refractivity contribution in [1.82, 2.24) is 9.55 Å². The zero-order valence-electron chi connectivity index (χ0n) is 15.9. The molecule has 0 unspecified atom stereocenters. The molecule has 150 valence electrons. The first-order chi connectivity index (χ1) is 14.0. The van der Waals surface area contributed by atoms with Gasteiger partial charge >= 0.3 is 11.7 Å². The fraction of sp³-hybridized carbons (Fsp3) is 0.286. The third kappa shape index (κ3) is 3.49. The van der Waals surface area contributed by atoms with Crippen LogP contribution in [0.5, 0.6) is 5.75 Å². The van der Waals surface area contributed by atoms with Crippen molar-refractivity contribution in [3.05, 3.63) is 58.0 Å². The number of rotatable bonds is 5. The number of amides is 1. The second-order valence-electron chi connectivity index (χ2n) is 7.14. The van der Waals surface area contributed by atoms with E-state index in [2.05, 4.69) is 10.3 Å². The molecule has 1 heterocycles. The second kappa shape index (κ2) is 7.46. The monoisotopic (exact) mass is 395 g/mol. The van der Waals surface area contributed by atoms with E-state index in [4.69, 9.17) is 9.84 Å². The summed E-state index contributed by atoms with van der Waals surface area (Å²) in [5.41, 5.74) is 2.07. The largest absolute Gasteiger partial charge is 0.496 e. The molecular formula is C21H21N3O5. The number of benzene rings is 2. The van der Waals surface area contributed by atoms with Crippen molar-refractivity contribution >= 4 is 28.6 Å². The molecule has 1 aromatic heterocycles. The van der Waals surface area contributed by atoms with Crippen molar-refractivity contribution < 1.29 is 19.4 Å². The molecule has 29 heavy (non-hydrogen) atoms. The van der Waals surface area contributed by atoms with Crippen LogP contribution in [0.1, 0.15) is 52.4 Å². The van der Waals surface area contributed by atoms with Crippen molar-refractivity contribution in [2.75, 3.05) is 12.4 Å². The number of anilines is 1. The van der Waals surface area contributed by atoms with Crippen LogP contribution in [0.15, 0.2) is 41.2 Å². The number of fused-ring (bicyclic) bond motifs is 1. The first-order valence-electron chi connectivity index (χ1n) is 9.45. The number of aromatic amines is 1. The summed E-state index contributed by atoms with van der Waals surface area (Å²) in [6.07, 6.45) is 4.22. The Balaban J connectivity index is 1.61. The Kier molecular flexibility index (Phi) is 4.84. The van der Waals surface area contributed by atoms with Crippen LogP contribution in [-0.4, -0.2) is 33.6 Å². The molecule has 0 atom stereocenters. The quantitative estimate of drug-likeness (QED) is 0.613. The average Bonchev–Trinajstić information content (AvgIpc) is 3.33. The molecule has 0 saturated heterocycles. The normalized spacial score (nSPS) is 14.2. The van der Waals surface area contributed by atoms with Gasteiger partial charge in [0.2, 0.25) is 0 Å². The van der Waals surface area contributed by atoms with Gasteiger partial charge in [0.1, 0.15) is 11.3 Å². The molecule has 0 bridgehead atoms. The van der Waals surface area contributed by atoms with E-state index in [9.17, 15) is 14.4 Å². The van der Waals surface area contributed by atoms with E-state index in [1.54, 1.807) is 22.8 Å². The number of aromatic carboxylic acids is 1. The number of imidazole rings is 1. The van der Waals surface area contributed by atoms with Crippen LogP contribution in [0.3, 0.4) is 0 Å². The number of carbonyl (C=O) groups is 2. The van der Waals surface area contributed by atoms with E-state index >= 15 is 0 Å². The molecule has 0 radical (unpaired) electrons. The van der Waals surface area contributed by atoms with E-state index in [1.807, 2.05) is 0 Å². The maximum absolute atomic E-state index is 12.7. The molecule has 8 heteroatoms. The van der Waals surface area contributed by atoms with Gasteiger partial charge < -0.3 is 20.1 Å². The van der Waals surface area contributed by atoms with Gasteiger partial charge in [-0.25, -0.2) is 9.59 Å². The van der Waals surface area contributed by atoms with Gasteiger partial charge in [-0.3, -0.25) is 9.36 Å². The van der Waals surface area contributed by atoms with Gasteiger partial charge in [0.25, 0.3) is 5.91 Å². The maximum atomic E-state index is 12.7. The summed E-state index contributed by atoms with van der Waals surface area (Å²) in [5, 5.41) is 11.9. The van der Waals surface area contributed by atoms with Gasteiger partial charge in [0.15, 0.2) is 0 Å². The Labute approximate surface area is 166 Å². The van der Waals surface area contributed by atoms with Crippen molar-refractivity contribution in [2.45, 2.75) is 31.7 Å². The number of ether oxygens (including phenoxy) is 1. The molecule has 2 aromatic carbocycles. The molecule has 0 spiro atoms. The highest BCUT2D eigenvalue weighted by Crippen LogP contribution is 2.31. The minimum absolute atomic E-state index is 0.0118. The third-order valence-electron chi connectivity index (χ3n) is 5.36. The third-order valence-corrected chi connectivity index (χ3v) is 5.36. The molecule has 3 aromatic rings. The summed E-state index contributed by atoms with van der Waals surface area (Å²) in [5.74, 6) is -1.32. The molecule has 1 aliphatic carbocycles. The number of nitrogens with one attached hydrogen (secondary N) is 2. The number of carboxylic acid groups (broad SMARTS) is 1. The van der Waals surface area contributed by atoms with Crippen molar-refractivity contribution in [2.24, 2.45) is 0 Å². The highest BCUT2D eigenvalue weighted by molar-refractivity contribution is 6.06. The van der Waals surface area contributed by atoms with E-state index in [1.165, 1.54) is 25.3 Å². The predicted octanol–water partition coefficient (Wildman–Crippen LogP) is 3.40. The first-order valence-corrected chi connectivity index (χ1v) is 9.45. The summed E-state index contributed by atoms with van der Waals surface area (Å²) < 4.78 is 6.87. The molecule has 1 fully saturated rings. The number of H-pyrrole nitrogens is 1. The number of carboxylic acids is 1. The molecule has 1 saturated carbocycles. The van der Waals surface area contributed by atoms with E-state index < -0.39 is 5.97 Å². The minimum Gasteiger partial charge on any atom is -0.496 e. The van der Waals surface area contributed by atoms with Crippen LogP contribution < -0.4 is 15.7 Å². The van der Waals surface area contributed by atoms with Crippen LogP contribution in [0.25, 0.3) is 11.0 Å². The molecule has 3 N–H and O–H groups in total. The molecule has 0 aliphatic heterocycles. The fourth-order valence-electron chi connectivity index (χ4n) is 3.95. The van der Waals surface area contributed by atoms with Gasteiger partial charge in [-0.1, -0.05) is 12.8 Å². The van der Waals surface area contributed by atoms with Gasteiger partial charge in [-0.05, 0) is 43.2 Å². The summed E-state index contributed by atoms with van der Waals surface area (Å²) in [4.78, 5) is 39.1. The molecule has 8 nitrogen and oxygen atoms in total. The molecule has 4 rings (SSSR count). The zero-order valence-corrected chi connectivity index (χ0v) is 15.9. The maximum Gasteiger partial charge on any atom is 0.339 e. The fourth-order valence-corrected chi connectivity index (χ4v) is 3.95. The highest BCUT2D eigenvalue weighted by atomic mass is 16.5. The number of aromatic nitrogens is 2. The van der Waals surface area contributed by atoms with Crippen LogP contribution in [0.2, 0.25) is 0 Å². The van der Waals surface area contributed by atoms with E-state index in [0.717, 1.165) is 31.2 Å². The minimum atomic E-state index is -1.11. The Bertz CT molecular complexity index is 1150. The summed E-state index contributed by atoms with van der Waals surface area (Å²) in [6.45, 7) is 0. The number of carbonyl (C=O) groups excluding carboxylic acids is 1. The SMILES string of the molecule is COc1cc(NC(=O)c2ccc3c(c2)[nH]c(=O)n3C2CCCC2)ccc1C(=O)O. The van der Waals surface area contributed by atoms with Crippen molar-refractivity contribution in [3.8, 4) is 5.75 Å². The Morgan fingerprint density at radius 2 is 1.93 bits per heavy atom. The van der Waals surface area contributed by atoms with Gasteiger partial charge in [-0.2, -0.15) is 0 Å². The van der Waals surface area contributed by atoms with Gasteiger partial charge in [0, 0.05) is 23.4 Å². The van der Waals surface area contributed by atoms with Gasteiger partial charge in [-0.15, -0.1) is 0 Å². The topological polar surface area (TPSA) is 113 Å². The summed E-state index contributed by atoms with van der Waals surface area (Å²) in [7, 11) is 1.37. The smallest absolute Gasteiger partial charge is 0.339 e. The zero-order chi connectivity index (χ0) is 20.5. The lowest BCUT2D eigenvalue weighted by Gasteiger charge is -2.12. The van der Waals surface area contributed by atoms with Crippen molar-refractivity contribution in [1.29, 1.82) is 0 Å². The van der Waals surface area contributed by atoms with Crippen LogP contribution >= 0.6 is 0 Å². The second-order valence-corrected chi connectivity index (χ2v) is 7.14. The average molecular weight is 395 g/mol. The lowest BCUT2D eigenvalue weighted by molar-refractivity contribution is 0.0693. The Morgan fingerprint density at radius 1 is 1.17 bits per heavy atom. The van der Waals surface area contributed by atoms with E-state index in [-0.39, 0.29) is 29.0 Å². The van der Waals surface area contributed by atoms with Gasteiger partial charge in [0.05, 0.1) is 18.1 Å². The highest BCUT2D eigenvalue weighted by Gasteiger charge is 2.21. The number of hydrogen-bond donors (Lipinski definition) is 3. The van der Waals surface area contributed by atoms with Crippen LogP contribution in [-0.2, 0) is 0 Å². The first kappa shape index (κ1) is 18.8. The molecule has 1 amide bonds. The Hall–Kier alpha value is -3.55. The lowest BCUT2D eigenvalue weighted by atomic mass is 10.1.